The van der Waals surface area contributed by atoms with E-state index < -0.39 is 6.04 Å². The first-order valence-electron chi connectivity index (χ1n) is 9.17. The van der Waals surface area contributed by atoms with E-state index in [-0.39, 0.29) is 23.1 Å². The average molecular weight is 393 g/mol. The van der Waals surface area contributed by atoms with Crippen LogP contribution in [0.5, 0.6) is 0 Å². The maximum absolute atomic E-state index is 12.2. The van der Waals surface area contributed by atoms with Gasteiger partial charge >= 0.3 is 0 Å². The predicted molar refractivity (Wildman–Crippen MR) is 104 cm³/mol. The van der Waals surface area contributed by atoms with Crippen LogP contribution in [0, 0.1) is 6.92 Å². The summed E-state index contributed by atoms with van der Waals surface area (Å²) in [5, 5.41) is 6.75. The van der Waals surface area contributed by atoms with Gasteiger partial charge in [0.2, 0.25) is 11.7 Å². The molecule has 0 saturated carbocycles. The van der Waals surface area contributed by atoms with Crippen molar-refractivity contribution in [2.45, 2.75) is 33.4 Å². The zero-order valence-electron chi connectivity index (χ0n) is 16.2. The van der Waals surface area contributed by atoms with Crippen LogP contribution in [0.3, 0.4) is 0 Å². The molecule has 3 heterocycles. The van der Waals surface area contributed by atoms with Crippen LogP contribution in [0.15, 0.2) is 50.3 Å². The van der Waals surface area contributed by atoms with Gasteiger partial charge in [0.1, 0.15) is 11.7 Å². The smallest absolute Gasteiger partial charge is 0.287 e. The van der Waals surface area contributed by atoms with E-state index in [0.29, 0.717) is 29.1 Å². The Morgan fingerprint density at radius 1 is 1.28 bits per heavy atom. The third-order valence-electron chi connectivity index (χ3n) is 4.59. The third-order valence-corrected chi connectivity index (χ3v) is 4.59. The second-order valence-corrected chi connectivity index (χ2v) is 6.58. The molecular formula is C20H19N5O4. The number of rotatable bonds is 5. The van der Waals surface area contributed by atoms with Crippen molar-refractivity contribution >= 4 is 16.9 Å². The number of hydrogen-bond acceptors (Lipinski definition) is 7. The molecule has 0 radical (unpaired) electrons. The highest BCUT2D eigenvalue weighted by molar-refractivity contribution is 5.91. The first-order chi connectivity index (χ1) is 14.0. The molecule has 1 unspecified atom stereocenters. The van der Waals surface area contributed by atoms with Gasteiger partial charge in [0.25, 0.3) is 11.5 Å². The fraction of sp³-hybridized carbons (Fsp3) is 0.250. The van der Waals surface area contributed by atoms with Crippen molar-refractivity contribution in [3.05, 3.63) is 64.3 Å². The molecular weight excluding hydrogens is 374 g/mol. The fourth-order valence-electron chi connectivity index (χ4n) is 3.09. The van der Waals surface area contributed by atoms with Crippen LogP contribution in [0.25, 0.3) is 22.4 Å². The van der Waals surface area contributed by atoms with Crippen LogP contribution in [0.4, 0.5) is 0 Å². The van der Waals surface area contributed by atoms with Crippen molar-refractivity contribution in [2.75, 3.05) is 0 Å². The van der Waals surface area contributed by atoms with E-state index in [1.807, 2.05) is 25.1 Å². The van der Waals surface area contributed by atoms with Crippen LogP contribution in [0.1, 0.15) is 42.0 Å². The number of nitrogens with one attached hydrogen (secondary N) is 1. The Labute approximate surface area is 165 Å². The number of aryl methyl sites for hydroxylation is 2. The van der Waals surface area contributed by atoms with E-state index in [0.717, 1.165) is 5.52 Å². The average Bonchev–Trinajstić information content (AvgIpc) is 3.41. The zero-order chi connectivity index (χ0) is 20.5. The number of amides is 1. The summed E-state index contributed by atoms with van der Waals surface area (Å²) in [7, 11) is 0. The number of fused-ring (bicyclic) bond motifs is 1. The molecule has 1 amide bonds. The molecule has 0 bridgehead atoms. The molecule has 0 fully saturated rings. The van der Waals surface area contributed by atoms with Crippen molar-refractivity contribution in [1.29, 1.82) is 0 Å². The summed E-state index contributed by atoms with van der Waals surface area (Å²) in [6.07, 6.45) is 1.43. The summed E-state index contributed by atoms with van der Waals surface area (Å²) in [4.78, 5) is 33.1. The third kappa shape index (κ3) is 3.42. The molecule has 0 spiro atoms. The minimum Gasteiger partial charge on any atom is -0.459 e. The van der Waals surface area contributed by atoms with Gasteiger partial charge in [0, 0.05) is 12.1 Å². The Hall–Kier alpha value is -3.75. The van der Waals surface area contributed by atoms with Gasteiger partial charge in [-0.2, -0.15) is 4.98 Å². The van der Waals surface area contributed by atoms with Crippen molar-refractivity contribution < 1.29 is 13.7 Å². The number of furan rings is 1. The second kappa shape index (κ2) is 7.34. The number of aromatic nitrogens is 4. The molecule has 4 rings (SSSR count). The SMILES string of the molecule is CCn1c(=O)c(C)nc2cc(-c3noc(C(C)NC(=O)c4ccco4)n3)ccc21. The Kier molecular flexibility index (Phi) is 4.71. The monoisotopic (exact) mass is 393 g/mol. The standard InChI is InChI=1S/C20H19N5O4/c1-4-25-15-8-7-13(10-14(15)21-12(3)20(25)27)17-23-19(29-24-17)11(2)22-18(26)16-6-5-9-28-16/h5-11H,4H2,1-3H3,(H,22,26). The predicted octanol–water partition coefficient (Wildman–Crippen LogP) is 2.86. The summed E-state index contributed by atoms with van der Waals surface area (Å²) in [5.74, 6) is 0.470. The molecule has 0 aliphatic heterocycles. The molecule has 9 nitrogen and oxygen atoms in total. The molecule has 148 valence electrons. The van der Waals surface area contributed by atoms with Crippen LogP contribution < -0.4 is 10.9 Å². The topological polar surface area (TPSA) is 116 Å². The minimum absolute atomic E-state index is 0.101. The zero-order valence-corrected chi connectivity index (χ0v) is 16.2. The summed E-state index contributed by atoms with van der Waals surface area (Å²) in [6, 6.07) is 8.15. The Morgan fingerprint density at radius 3 is 2.83 bits per heavy atom. The summed E-state index contributed by atoms with van der Waals surface area (Å²) < 4.78 is 12.1. The Balaban J connectivity index is 1.62. The maximum atomic E-state index is 12.2. The van der Waals surface area contributed by atoms with Gasteiger partial charge < -0.3 is 18.8 Å². The van der Waals surface area contributed by atoms with Crippen molar-refractivity contribution in [3.8, 4) is 11.4 Å². The molecule has 3 aromatic heterocycles. The lowest BCUT2D eigenvalue weighted by Crippen LogP contribution is -2.26. The van der Waals surface area contributed by atoms with Crippen LogP contribution >= 0.6 is 0 Å². The van der Waals surface area contributed by atoms with Crippen molar-refractivity contribution in [2.24, 2.45) is 0 Å². The number of nitrogens with zero attached hydrogens (tertiary/aromatic N) is 4. The lowest BCUT2D eigenvalue weighted by molar-refractivity contribution is 0.0904. The number of hydrogen-bond donors (Lipinski definition) is 1. The van der Waals surface area contributed by atoms with Crippen LogP contribution in [0.2, 0.25) is 0 Å². The van der Waals surface area contributed by atoms with Gasteiger partial charge in [-0.05, 0) is 51.1 Å². The molecule has 1 N–H and O–H groups in total. The first-order valence-corrected chi connectivity index (χ1v) is 9.17. The molecule has 0 aliphatic rings. The van der Waals surface area contributed by atoms with E-state index in [1.165, 1.54) is 6.26 Å². The molecule has 29 heavy (non-hydrogen) atoms. The van der Waals surface area contributed by atoms with Gasteiger partial charge in [0.15, 0.2) is 5.76 Å². The van der Waals surface area contributed by atoms with Crippen molar-refractivity contribution in [1.82, 2.24) is 25.0 Å². The van der Waals surface area contributed by atoms with E-state index in [2.05, 4.69) is 20.4 Å². The van der Waals surface area contributed by atoms with E-state index in [9.17, 15) is 9.59 Å². The highest BCUT2D eigenvalue weighted by atomic mass is 16.5. The van der Waals surface area contributed by atoms with E-state index in [1.54, 1.807) is 30.5 Å². The second-order valence-electron chi connectivity index (χ2n) is 6.58. The van der Waals surface area contributed by atoms with E-state index >= 15 is 0 Å². The maximum Gasteiger partial charge on any atom is 0.287 e. The number of carbonyl (C=O) groups excluding carboxylic acids is 1. The normalized spacial score (nSPS) is 12.2. The van der Waals surface area contributed by atoms with Crippen LogP contribution in [-0.4, -0.2) is 25.6 Å². The molecule has 0 aliphatic carbocycles. The largest absolute Gasteiger partial charge is 0.459 e. The van der Waals surface area contributed by atoms with Gasteiger partial charge in [-0.25, -0.2) is 4.98 Å². The molecule has 0 saturated heterocycles. The van der Waals surface area contributed by atoms with E-state index in [4.69, 9.17) is 8.94 Å². The lowest BCUT2D eigenvalue weighted by Gasteiger charge is -2.09. The molecule has 1 atom stereocenters. The van der Waals surface area contributed by atoms with Gasteiger partial charge in [-0.1, -0.05) is 5.16 Å². The summed E-state index contributed by atoms with van der Waals surface area (Å²) in [5.41, 5.74) is 2.45. The fourth-order valence-corrected chi connectivity index (χ4v) is 3.09. The van der Waals surface area contributed by atoms with Gasteiger partial charge in [-0.15, -0.1) is 0 Å². The Bertz CT molecular complexity index is 1240. The quantitative estimate of drug-likeness (QED) is 0.554. The lowest BCUT2D eigenvalue weighted by atomic mass is 10.1. The minimum atomic E-state index is -0.500. The van der Waals surface area contributed by atoms with Gasteiger partial charge in [-0.3, -0.25) is 9.59 Å². The first kappa shape index (κ1) is 18.6. The van der Waals surface area contributed by atoms with Crippen molar-refractivity contribution in [3.63, 3.8) is 0 Å². The highest BCUT2D eigenvalue weighted by Crippen LogP contribution is 2.22. The molecule has 1 aromatic carbocycles. The number of carbonyl (C=O) groups is 1. The summed E-state index contributed by atoms with van der Waals surface area (Å²) in [6.45, 7) is 5.90. The van der Waals surface area contributed by atoms with Gasteiger partial charge in [0.05, 0.1) is 17.3 Å². The highest BCUT2D eigenvalue weighted by Gasteiger charge is 2.20. The van der Waals surface area contributed by atoms with Crippen LogP contribution in [-0.2, 0) is 6.54 Å². The molecule has 9 heteroatoms. The summed E-state index contributed by atoms with van der Waals surface area (Å²) >= 11 is 0. The Morgan fingerprint density at radius 2 is 2.10 bits per heavy atom. The molecule has 4 aromatic rings. The number of benzene rings is 1.